The highest BCUT2D eigenvalue weighted by molar-refractivity contribution is 5.90. The number of hydrogen-bond donors (Lipinski definition) is 1. The largest absolute Gasteiger partial charge is 1.00 e. The monoisotopic (exact) mass is 408 g/mol. The van der Waals surface area contributed by atoms with Crippen LogP contribution >= 0.6 is 0 Å². The van der Waals surface area contributed by atoms with E-state index >= 15 is 0 Å². The quantitative estimate of drug-likeness (QED) is 0.630. The maximum atomic E-state index is 12.1. The van der Waals surface area contributed by atoms with Crippen LogP contribution in [0.4, 0.5) is 5.69 Å². The molecule has 1 aromatic heterocycles. The van der Waals surface area contributed by atoms with Gasteiger partial charge in [-0.2, -0.15) is 0 Å². The van der Waals surface area contributed by atoms with Crippen molar-refractivity contribution < 1.29 is 35.8 Å². The highest BCUT2D eigenvalue weighted by Crippen LogP contribution is 2.30. The standard InChI is InChI=1S/C19H24N2O3.BrH/c1-4-23-17-7-6-16(14-18(17)24-5-2)20-19(22)10-13-21-11-8-15(3)9-12-21;/h6-9,11-12,14H,4-5,10,13H2,1-3H3;1H. The second-order valence-corrected chi connectivity index (χ2v) is 5.44. The number of pyridine rings is 1. The number of benzene rings is 1. The molecule has 0 aliphatic carbocycles. The van der Waals surface area contributed by atoms with Crippen LogP contribution in [0, 0.1) is 6.92 Å². The molecular weight excluding hydrogens is 384 g/mol. The lowest BCUT2D eigenvalue weighted by molar-refractivity contribution is -0.695. The van der Waals surface area contributed by atoms with Gasteiger partial charge < -0.3 is 31.8 Å². The van der Waals surface area contributed by atoms with Crippen molar-refractivity contribution in [3.63, 3.8) is 0 Å². The van der Waals surface area contributed by atoms with Crippen molar-refractivity contribution in [2.75, 3.05) is 18.5 Å². The zero-order valence-electron chi connectivity index (χ0n) is 14.9. The smallest absolute Gasteiger partial charge is 0.230 e. The Balaban J connectivity index is 0.00000312. The SMILES string of the molecule is CCOc1ccc(NC(=O)CC[n+]2ccc(C)cc2)cc1OCC.[Br-]. The number of nitrogens with one attached hydrogen (secondary N) is 1. The van der Waals surface area contributed by atoms with E-state index in [4.69, 9.17) is 9.47 Å². The summed E-state index contributed by atoms with van der Waals surface area (Å²) in [6.45, 7) is 7.63. The maximum Gasteiger partial charge on any atom is 0.230 e. The van der Waals surface area contributed by atoms with E-state index in [-0.39, 0.29) is 22.9 Å². The second kappa shape index (κ2) is 10.7. The van der Waals surface area contributed by atoms with Crippen molar-refractivity contribution in [2.24, 2.45) is 0 Å². The lowest BCUT2D eigenvalue weighted by atomic mass is 10.2. The Morgan fingerprint density at radius 1 is 1.04 bits per heavy atom. The Bertz CT molecular complexity index is 675. The lowest BCUT2D eigenvalue weighted by Gasteiger charge is -2.12. The third-order valence-corrected chi connectivity index (χ3v) is 3.48. The molecule has 1 N–H and O–H groups in total. The molecule has 0 saturated carbocycles. The van der Waals surface area contributed by atoms with Gasteiger partial charge in [-0.25, -0.2) is 4.57 Å². The highest BCUT2D eigenvalue weighted by Gasteiger charge is 2.10. The molecule has 0 unspecified atom stereocenters. The minimum absolute atomic E-state index is 0. The minimum atomic E-state index is -0.0327. The maximum absolute atomic E-state index is 12.1. The van der Waals surface area contributed by atoms with Crippen molar-refractivity contribution in [3.8, 4) is 11.5 Å². The van der Waals surface area contributed by atoms with Gasteiger partial charge in [-0.15, -0.1) is 0 Å². The number of rotatable bonds is 8. The molecule has 0 saturated heterocycles. The summed E-state index contributed by atoms with van der Waals surface area (Å²) in [6, 6.07) is 9.49. The summed E-state index contributed by atoms with van der Waals surface area (Å²) in [5.41, 5.74) is 1.91. The molecule has 0 spiro atoms. The van der Waals surface area contributed by atoms with Gasteiger partial charge in [0.25, 0.3) is 0 Å². The molecule has 1 heterocycles. The molecule has 0 aliphatic heterocycles. The molecule has 0 radical (unpaired) electrons. The normalized spacial score (nSPS) is 9.88. The summed E-state index contributed by atoms with van der Waals surface area (Å²) in [6.07, 6.45) is 4.37. The Morgan fingerprint density at radius 3 is 2.32 bits per heavy atom. The summed E-state index contributed by atoms with van der Waals surface area (Å²) in [5.74, 6) is 1.30. The molecule has 0 bridgehead atoms. The first kappa shape index (κ1) is 21.0. The number of anilines is 1. The summed E-state index contributed by atoms with van der Waals surface area (Å²) in [4.78, 5) is 12.1. The number of carbonyl (C=O) groups excluding carboxylic acids is 1. The van der Waals surface area contributed by atoms with Gasteiger partial charge in [-0.1, -0.05) is 0 Å². The van der Waals surface area contributed by atoms with Crippen molar-refractivity contribution in [3.05, 3.63) is 48.3 Å². The number of ether oxygens (including phenoxy) is 2. The van der Waals surface area contributed by atoms with Crippen LogP contribution in [-0.2, 0) is 11.3 Å². The van der Waals surface area contributed by atoms with Gasteiger partial charge in [0.15, 0.2) is 30.4 Å². The summed E-state index contributed by atoms with van der Waals surface area (Å²) in [7, 11) is 0. The van der Waals surface area contributed by atoms with E-state index in [1.807, 2.05) is 62.0 Å². The minimum Gasteiger partial charge on any atom is -1.00 e. The van der Waals surface area contributed by atoms with E-state index < -0.39 is 0 Å². The topological polar surface area (TPSA) is 51.4 Å². The molecule has 0 atom stereocenters. The molecule has 2 aromatic rings. The average molecular weight is 409 g/mol. The average Bonchev–Trinajstić information content (AvgIpc) is 2.57. The molecule has 1 aromatic carbocycles. The molecule has 1 amide bonds. The Morgan fingerprint density at radius 2 is 1.68 bits per heavy atom. The van der Waals surface area contributed by atoms with E-state index in [0.717, 1.165) is 0 Å². The number of hydrogen-bond acceptors (Lipinski definition) is 3. The zero-order chi connectivity index (χ0) is 17.4. The molecule has 25 heavy (non-hydrogen) atoms. The first-order chi connectivity index (χ1) is 11.6. The molecule has 2 rings (SSSR count). The van der Waals surface area contributed by atoms with Crippen LogP contribution in [0.15, 0.2) is 42.7 Å². The van der Waals surface area contributed by atoms with Gasteiger partial charge in [0.2, 0.25) is 5.91 Å². The molecule has 136 valence electrons. The summed E-state index contributed by atoms with van der Waals surface area (Å²) < 4.78 is 13.1. The van der Waals surface area contributed by atoms with Crippen LogP contribution in [-0.4, -0.2) is 19.1 Å². The third-order valence-electron chi connectivity index (χ3n) is 3.48. The third kappa shape index (κ3) is 6.74. The molecule has 0 fully saturated rings. The number of aryl methyl sites for hydroxylation is 2. The number of halogens is 1. The first-order valence-corrected chi connectivity index (χ1v) is 8.27. The zero-order valence-corrected chi connectivity index (χ0v) is 16.5. The van der Waals surface area contributed by atoms with Gasteiger partial charge in [0.05, 0.1) is 19.6 Å². The van der Waals surface area contributed by atoms with Crippen LogP contribution in [0.3, 0.4) is 0 Å². The predicted molar refractivity (Wildman–Crippen MR) is 93.4 cm³/mol. The number of amides is 1. The fraction of sp³-hybridized carbons (Fsp3) is 0.368. The van der Waals surface area contributed by atoms with Gasteiger partial charge in [-0.3, -0.25) is 4.79 Å². The van der Waals surface area contributed by atoms with Crippen LogP contribution in [0.1, 0.15) is 25.8 Å². The predicted octanol–water partition coefficient (Wildman–Crippen LogP) is 0.113. The van der Waals surface area contributed by atoms with Gasteiger partial charge in [0, 0.05) is 23.9 Å². The Labute approximate surface area is 159 Å². The van der Waals surface area contributed by atoms with E-state index in [9.17, 15) is 4.79 Å². The number of carbonyl (C=O) groups is 1. The second-order valence-electron chi connectivity index (χ2n) is 5.44. The first-order valence-electron chi connectivity index (χ1n) is 8.27. The lowest BCUT2D eigenvalue weighted by Crippen LogP contribution is -3.00. The summed E-state index contributed by atoms with van der Waals surface area (Å²) >= 11 is 0. The van der Waals surface area contributed by atoms with Crippen molar-refractivity contribution in [2.45, 2.75) is 33.7 Å². The summed E-state index contributed by atoms with van der Waals surface area (Å²) in [5, 5.41) is 2.90. The van der Waals surface area contributed by atoms with E-state index in [1.165, 1.54) is 5.56 Å². The van der Waals surface area contributed by atoms with E-state index in [2.05, 4.69) is 5.32 Å². The molecule has 6 heteroatoms. The van der Waals surface area contributed by atoms with Gasteiger partial charge >= 0.3 is 0 Å². The molecule has 0 aliphatic rings. The van der Waals surface area contributed by atoms with Crippen LogP contribution < -0.4 is 36.3 Å². The van der Waals surface area contributed by atoms with Crippen molar-refractivity contribution >= 4 is 11.6 Å². The van der Waals surface area contributed by atoms with E-state index in [1.54, 1.807) is 6.07 Å². The Kier molecular flexibility index (Phi) is 8.99. The van der Waals surface area contributed by atoms with Crippen LogP contribution in [0.25, 0.3) is 0 Å². The van der Waals surface area contributed by atoms with Crippen LogP contribution in [0.2, 0.25) is 0 Å². The van der Waals surface area contributed by atoms with Crippen LogP contribution in [0.5, 0.6) is 11.5 Å². The fourth-order valence-electron chi connectivity index (χ4n) is 2.26. The van der Waals surface area contributed by atoms with Gasteiger partial charge in [-0.05, 0) is 38.5 Å². The molecular formula is C19H25BrN2O3. The van der Waals surface area contributed by atoms with Crippen molar-refractivity contribution in [1.29, 1.82) is 0 Å². The van der Waals surface area contributed by atoms with Crippen molar-refractivity contribution in [1.82, 2.24) is 0 Å². The number of aromatic nitrogens is 1. The highest BCUT2D eigenvalue weighted by atomic mass is 79.9. The number of nitrogens with zero attached hydrogens (tertiary/aromatic N) is 1. The van der Waals surface area contributed by atoms with Gasteiger partial charge in [0.1, 0.15) is 0 Å². The van der Waals surface area contributed by atoms with E-state index in [0.29, 0.717) is 43.4 Å². The fourth-order valence-corrected chi connectivity index (χ4v) is 2.26. The Hall–Kier alpha value is -2.08. The molecule has 5 nitrogen and oxygen atoms in total.